The highest BCUT2D eigenvalue weighted by Gasteiger charge is 2.18. The van der Waals surface area contributed by atoms with E-state index in [1.165, 1.54) is 54.9 Å². The van der Waals surface area contributed by atoms with E-state index >= 15 is 0 Å². The van der Waals surface area contributed by atoms with Gasteiger partial charge >= 0.3 is 0 Å². The van der Waals surface area contributed by atoms with Crippen molar-refractivity contribution in [1.29, 1.82) is 0 Å². The SMILES string of the molecule is c1ccc(-c2ccc(-c3ccc(N(c4ccc(-c5cccc6ccccc56)cc4)c4ccc(-c5cccc6ccccc56)cc4)cc3)cc2-c2cccc3c2oc2ccccc23)cc1. The molecule has 0 aliphatic heterocycles. The van der Waals surface area contributed by atoms with E-state index in [9.17, 15) is 0 Å². The third-order valence-electron chi connectivity index (χ3n) is 12.7. The Labute approximate surface area is 372 Å². The molecule has 2 heteroatoms. The maximum atomic E-state index is 6.60. The molecule has 1 aromatic heterocycles. The molecular formula is C62H41NO. The average Bonchev–Trinajstić information content (AvgIpc) is 3.76. The van der Waals surface area contributed by atoms with Crippen molar-refractivity contribution < 1.29 is 4.42 Å². The van der Waals surface area contributed by atoms with Crippen molar-refractivity contribution in [1.82, 2.24) is 0 Å². The summed E-state index contributed by atoms with van der Waals surface area (Å²) >= 11 is 0. The molecule has 2 nitrogen and oxygen atoms in total. The Morgan fingerprint density at radius 1 is 0.250 bits per heavy atom. The molecule has 0 N–H and O–H groups in total. The van der Waals surface area contributed by atoms with Crippen molar-refractivity contribution in [2.75, 3.05) is 4.90 Å². The van der Waals surface area contributed by atoms with Gasteiger partial charge < -0.3 is 9.32 Å². The Morgan fingerprint density at radius 2 is 0.688 bits per heavy atom. The summed E-state index contributed by atoms with van der Waals surface area (Å²) in [6.45, 7) is 0. The summed E-state index contributed by atoms with van der Waals surface area (Å²) in [5.41, 5.74) is 16.7. The molecule has 64 heavy (non-hydrogen) atoms. The van der Waals surface area contributed by atoms with Crippen LogP contribution in [0.4, 0.5) is 17.1 Å². The highest BCUT2D eigenvalue weighted by atomic mass is 16.3. The smallest absolute Gasteiger partial charge is 0.143 e. The van der Waals surface area contributed by atoms with Crippen molar-refractivity contribution in [2.24, 2.45) is 0 Å². The van der Waals surface area contributed by atoms with E-state index in [2.05, 4.69) is 248 Å². The maximum absolute atomic E-state index is 6.60. The summed E-state index contributed by atoms with van der Waals surface area (Å²) in [5, 5.41) is 7.24. The summed E-state index contributed by atoms with van der Waals surface area (Å²) in [4.78, 5) is 2.36. The minimum atomic E-state index is 0.897. The molecule has 12 aromatic rings. The van der Waals surface area contributed by atoms with Crippen LogP contribution in [0.25, 0.3) is 99.1 Å². The molecule has 300 valence electrons. The molecule has 0 aliphatic carbocycles. The Balaban J connectivity index is 0.953. The predicted molar refractivity (Wildman–Crippen MR) is 271 cm³/mol. The fourth-order valence-electron chi connectivity index (χ4n) is 9.56. The van der Waals surface area contributed by atoms with Crippen molar-refractivity contribution in [2.45, 2.75) is 0 Å². The Hall–Kier alpha value is -8.46. The van der Waals surface area contributed by atoms with Crippen molar-refractivity contribution in [3.63, 3.8) is 0 Å². The number of hydrogen-bond donors (Lipinski definition) is 0. The van der Waals surface area contributed by atoms with Gasteiger partial charge in [-0.1, -0.05) is 200 Å². The van der Waals surface area contributed by atoms with Crippen LogP contribution >= 0.6 is 0 Å². The topological polar surface area (TPSA) is 16.4 Å². The van der Waals surface area contributed by atoms with Gasteiger partial charge in [-0.3, -0.25) is 0 Å². The molecule has 0 atom stereocenters. The number of fused-ring (bicyclic) bond motifs is 5. The van der Waals surface area contributed by atoms with Crippen LogP contribution in [-0.2, 0) is 0 Å². The number of para-hydroxylation sites is 2. The normalized spacial score (nSPS) is 11.4. The van der Waals surface area contributed by atoms with Gasteiger partial charge in [-0.15, -0.1) is 0 Å². The van der Waals surface area contributed by atoms with Gasteiger partial charge in [-0.25, -0.2) is 0 Å². The van der Waals surface area contributed by atoms with E-state index in [0.717, 1.165) is 61.3 Å². The third kappa shape index (κ3) is 6.61. The molecule has 0 spiro atoms. The van der Waals surface area contributed by atoms with Crippen LogP contribution in [0.5, 0.6) is 0 Å². The van der Waals surface area contributed by atoms with Crippen LogP contribution in [0.15, 0.2) is 253 Å². The molecule has 0 radical (unpaired) electrons. The number of anilines is 3. The standard InChI is InChI=1S/C62H41NO/c1-2-13-43(14-3-1)56-40-33-48(41-60(56)59-25-12-24-58-57-21-8-9-26-61(57)64-62(58)59)42-27-34-49(35-28-42)63(50-36-29-46(30-37-50)54-22-10-17-44-15-4-6-19-52(44)54)51-38-31-47(32-39-51)55-23-11-18-45-16-5-7-20-53(45)55/h1-41H. The van der Waals surface area contributed by atoms with E-state index < -0.39 is 0 Å². The van der Waals surface area contributed by atoms with Crippen molar-refractivity contribution in [3.05, 3.63) is 249 Å². The molecule has 12 rings (SSSR count). The first-order valence-electron chi connectivity index (χ1n) is 21.9. The van der Waals surface area contributed by atoms with Crippen LogP contribution in [0, 0.1) is 0 Å². The molecule has 0 unspecified atom stereocenters. The minimum absolute atomic E-state index is 0.897. The average molecular weight is 816 g/mol. The molecular weight excluding hydrogens is 775 g/mol. The molecule has 0 amide bonds. The highest BCUT2D eigenvalue weighted by molar-refractivity contribution is 6.11. The minimum Gasteiger partial charge on any atom is -0.455 e. The monoisotopic (exact) mass is 815 g/mol. The second-order valence-corrected chi connectivity index (χ2v) is 16.4. The van der Waals surface area contributed by atoms with Gasteiger partial charge in [0.25, 0.3) is 0 Å². The fourth-order valence-corrected chi connectivity index (χ4v) is 9.56. The quantitative estimate of drug-likeness (QED) is 0.152. The fraction of sp³-hybridized carbons (Fsp3) is 0. The van der Waals surface area contributed by atoms with Gasteiger partial charge in [0.15, 0.2) is 0 Å². The van der Waals surface area contributed by atoms with Crippen LogP contribution < -0.4 is 4.90 Å². The highest BCUT2D eigenvalue weighted by Crippen LogP contribution is 2.43. The van der Waals surface area contributed by atoms with Gasteiger partial charge in [-0.05, 0) is 120 Å². The van der Waals surface area contributed by atoms with Crippen LogP contribution in [0.3, 0.4) is 0 Å². The van der Waals surface area contributed by atoms with E-state index in [1.54, 1.807) is 0 Å². The van der Waals surface area contributed by atoms with Gasteiger partial charge in [0.05, 0.1) is 0 Å². The second-order valence-electron chi connectivity index (χ2n) is 16.4. The first kappa shape index (κ1) is 37.3. The number of hydrogen-bond acceptors (Lipinski definition) is 2. The van der Waals surface area contributed by atoms with E-state index in [4.69, 9.17) is 4.42 Å². The van der Waals surface area contributed by atoms with E-state index in [1.807, 2.05) is 6.07 Å². The Kier molecular flexibility index (Phi) is 9.20. The summed E-state index contributed by atoms with van der Waals surface area (Å²) in [5.74, 6) is 0. The number of nitrogens with zero attached hydrogens (tertiary/aromatic N) is 1. The van der Waals surface area contributed by atoms with E-state index in [-0.39, 0.29) is 0 Å². The first-order valence-corrected chi connectivity index (χ1v) is 21.9. The van der Waals surface area contributed by atoms with Crippen LogP contribution in [-0.4, -0.2) is 0 Å². The zero-order valence-corrected chi connectivity index (χ0v) is 35.0. The molecule has 11 aromatic carbocycles. The Morgan fingerprint density at radius 3 is 1.30 bits per heavy atom. The zero-order chi connectivity index (χ0) is 42.4. The lowest BCUT2D eigenvalue weighted by Crippen LogP contribution is -2.09. The molecule has 0 fully saturated rings. The van der Waals surface area contributed by atoms with Gasteiger partial charge in [0.2, 0.25) is 0 Å². The van der Waals surface area contributed by atoms with Crippen molar-refractivity contribution >= 4 is 60.5 Å². The lowest BCUT2D eigenvalue weighted by atomic mass is 9.90. The summed E-state index contributed by atoms with van der Waals surface area (Å²) in [6, 6.07) is 89.6. The zero-order valence-electron chi connectivity index (χ0n) is 35.0. The summed E-state index contributed by atoms with van der Waals surface area (Å²) < 4.78 is 6.60. The molecule has 0 saturated carbocycles. The number of rotatable bonds is 8. The summed E-state index contributed by atoms with van der Waals surface area (Å²) in [6.07, 6.45) is 0. The van der Waals surface area contributed by atoms with E-state index in [0.29, 0.717) is 0 Å². The first-order chi connectivity index (χ1) is 31.7. The second kappa shape index (κ2) is 15.8. The maximum Gasteiger partial charge on any atom is 0.143 e. The lowest BCUT2D eigenvalue weighted by Gasteiger charge is -2.26. The molecule has 0 bridgehead atoms. The van der Waals surface area contributed by atoms with Gasteiger partial charge in [0.1, 0.15) is 11.2 Å². The van der Waals surface area contributed by atoms with Crippen LogP contribution in [0.2, 0.25) is 0 Å². The van der Waals surface area contributed by atoms with Crippen molar-refractivity contribution in [3.8, 4) is 55.6 Å². The summed E-state index contributed by atoms with van der Waals surface area (Å²) in [7, 11) is 0. The van der Waals surface area contributed by atoms with Crippen LogP contribution in [0.1, 0.15) is 0 Å². The van der Waals surface area contributed by atoms with Gasteiger partial charge in [0, 0.05) is 33.4 Å². The predicted octanol–water partition coefficient (Wildman–Crippen LogP) is 17.7. The number of benzene rings is 11. The molecule has 1 heterocycles. The van der Waals surface area contributed by atoms with Gasteiger partial charge in [-0.2, -0.15) is 0 Å². The third-order valence-corrected chi connectivity index (χ3v) is 12.7. The number of furan rings is 1. The molecule has 0 saturated heterocycles. The molecule has 0 aliphatic rings. The largest absolute Gasteiger partial charge is 0.455 e. The lowest BCUT2D eigenvalue weighted by molar-refractivity contribution is 0.670. The Bertz CT molecular complexity index is 3510.